The normalized spacial score (nSPS) is 21.3. The second-order valence-corrected chi connectivity index (χ2v) is 7.74. The third-order valence-corrected chi connectivity index (χ3v) is 5.93. The van der Waals surface area contributed by atoms with Gasteiger partial charge in [0, 0.05) is 24.6 Å². The molecule has 1 amide bonds. The number of β-lactam (4-membered cyclic amide) rings is 1. The van der Waals surface area contributed by atoms with Crippen LogP contribution in [0, 0.1) is 0 Å². The highest BCUT2D eigenvalue weighted by Crippen LogP contribution is 2.41. The molecule has 2 atom stereocenters. The van der Waals surface area contributed by atoms with Crippen LogP contribution in [0.5, 0.6) is 0 Å². The molecule has 0 saturated carbocycles. The van der Waals surface area contributed by atoms with Gasteiger partial charge in [-0.2, -0.15) is 0 Å². The minimum absolute atomic E-state index is 0.0158. The minimum atomic E-state index is -1.14. The number of hydrogen-bond donors (Lipinski definition) is 3. The number of amides is 1. The Morgan fingerprint density at radius 3 is 2.78 bits per heavy atom. The molecule has 1 aromatic heterocycles. The molecule has 3 heterocycles. The lowest BCUT2D eigenvalue weighted by Gasteiger charge is -2.49. The largest absolute Gasteiger partial charge is 0.481 e. The Morgan fingerprint density at radius 2 is 2.15 bits per heavy atom. The average Bonchev–Trinajstić information content (AvgIpc) is 2.64. The zero-order chi connectivity index (χ0) is 19.6. The lowest BCUT2D eigenvalue weighted by molar-refractivity contribution is -0.148. The van der Waals surface area contributed by atoms with Gasteiger partial charge in [-0.25, -0.2) is 4.79 Å². The molecule has 0 aromatic carbocycles. The van der Waals surface area contributed by atoms with Crippen LogP contribution < -0.4 is 5.32 Å². The van der Waals surface area contributed by atoms with Gasteiger partial charge in [0.25, 0.3) is 5.91 Å². The topological polar surface area (TPSA) is 120 Å². The number of aliphatic carboxylic acids is 2. The number of pyridine rings is 1. The van der Waals surface area contributed by atoms with Crippen LogP contribution in [0.3, 0.4) is 0 Å². The van der Waals surface area contributed by atoms with E-state index in [1.54, 1.807) is 18.5 Å². The van der Waals surface area contributed by atoms with Gasteiger partial charge in [-0.1, -0.05) is 18.3 Å². The van der Waals surface area contributed by atoms with Crippen molar-refractivity contribution in [3.63, 3.8) is 0 Å². The van der Waals surface area contributed by atoms with Gasteiger partial charge in [0.2, 0.25) is 0 Å². The number of carbonyl (C=O) groups is 3. The number of thiocarbonyl (C=S) groups is 1. The lowest BCUT2D eigenvalue weighted by Crippen LogP contribution is -2.70. The predicted molar refractivity (Wildman–Crippen MR) is 102 cm³/mol. The van der Waals surface area contributed by atoms with E-state index in [9.17, 15) is 19.5 Å². The quantitative estimate of drug-likeness (QED) is 0.449. The molecule has 8 nitrogen and oxygen atoms in total. The Balaban J connectivity index is 1.74. The Labute approximate surface area is 164 Å². The number of hydrogen-bond acceptors (Lipinski definition) is 6. The molecule has 142 valence electrons. The van der Waals surface area contributed by atoms with Gasteiger partial charge in [0.1, 0.15) is 17.1 Å². The zero-order valence-corrected chi connectivity index (χ0v) is 15.8. The molecule has 0 bridgehead atoms. The van der Waals surface area contributed by atoms with E-state index in [2.05, 4.69) is 10.3 Å². The van der Waals surface area contributed by atoms with Crippen molar-refractivity contribution in [2.75, 3.05) is 5.75 Å². The highest BCUT2D eigenvalue weighted by atomic mass is 32.2. The van der Waals surface area contributed by atoms with Crippen LogP contribution in [0.1, 0.15) is 18.4 Å². The van der Waals surface area contributed by atoms with E-state index in [0.717, 1.165) is 5.56 Å². The fraction of sp³-hybridized carbons (Fsp3) is 0.353. The molecule has 1 aromatic rings. The van der Waals surface area contributed by atoms with Crippen molar-refractivity contribution in [2.24, 2.45) is 0 Å². The molecule has 1 unspecified atom stereocenters. The molecular formula is C17H17N3O5S2. The number of nitrogens with zero attached hydrogens (tertiary/aromatic N) is 2. The summed E-state index contributed by atoms with van der Waals surface area (Å²) in [5.74, 6) is -2.00. The summed E-state index contributed by atoms with van der Waals surface area (Å²) in [6.07, 6.45) is 3.74. The Kier molecular flexibility index (Phi) is 5.76. The molecule has 0 radical (unpaired) electrons. The standard InChI is InChI=1S/C17H17N3O5S2/c21-12(22)4-3-11(26)19-13-15(23)20-14(17(24)25)10(8-27-16(13)20)6-9-2-1-5-18-7-9/h1-2,5,7,13,16H,3-4,6,8H2,(H,19,26)(H,21,22)(H,24,25)/t13?,16-/m1/s1. The number of carbonyl (C=O) groups excluding carboxylic acids is 1. The van der Waals surface area contributed by atoms with Gasteiger partial charge in [0.15, 0.2) is 0 Å². The monoisotopic (exact) mass is 407 g/mol. The zero-order valence-electron chi connectivity index (χ0n) is 14.1. The number of rotatable bonds is 7. The van der Waals surface area contributed by atoms with E-state index in [1.807, 2.05) is 6.07 Å². The summed E-state index contributed by atoms with van der Waals surface area (Å²) >= 11 is 6.56. The van der Waals surface area contributed by atoms with E-state index in [1.165, 1.54) is 16.7 Å². The second kappa shape index (κ2) is 8.05. The maximum absolute atomic E-state index is 12.5. The maximum Gasteiger partial charge on any atom is 0.352 e. The molecule has 3 N–H and O–H groups in total. The molecule has 2 aliphatic rings. The number of aromatic nitrogens is 1. The highest BCUT2D eigenvalue weighted by Gasteiger charge is 2.53. The van der Waals surface area contributed by atoms with E-state index >= 15 is 0 Å². The Morgan fingerprint density at radius 1 is 1.37 bits per heavy atom. The van der Waals surface area contributed by atoms with Crippen molar-refractivity contribution in [1.29, 1.82) is 0 Å². The van der Waals surface area contributed by atoms with Crippen molar-refractivity contribution in [2.45, 2.75) is 30.7 Å². The molecule has 1 fully saturated rings. The first kappa shape index (κ1) is 19.3. The van der Waals surface area contributed by atoms with Crippen LogP contribution in [-0.2, 0) is 20.8 Å². The van der Waals surface area contributed by atoms with E-state index < -0.39 is 18.0 Å². The number of thioether (sulfide) groups is 1. The smallest absolute Gasteiger partial charge is 0.352 e. The average molecular weight is 407 g/mol. The van der Waals surface area contributed by atoms with Crippen LogP contribution in [0.25, 0.3) is 0 Å². The Bertz CT molecular complexity index is 827. The minimum Gasteiger partial charge on any atom is -0.481 e. The van der Waals surface area contributed by atoms with E-state index in [0.29, 0.717) is 17.7 Å². The fourth-order valence-corrected chi connectivity index (χ4v) is 4.61. The summed E-state index contributed by atoms with van der Waals surface area (Å²) in [4.78, 5) is 40.6. The van der Waals surface area contributed by atoms with Crippen molar-refractivity contribution in [3.8, 4) is 0 Å². The van der Waals surface area contributed by atoms with Gasteiger partial charge in [-0.3, -0.25) is 19.5 Å². The predicted octanol–water partition coefficient (Wildman–Crippen LogP) is 1.03. The fourth-order valence-electron chi connectivity index (χ4n) is 3.03. The summed E-state index contributed by atoms with van der Waals surface area (Å²) in [5, 5.41) is 20.9. The number of fused-ring (bicyclic) bond motifs is 1. The van der Waals surface area contributed by atoms with Crippen LogP contribution in [0.4, 0.5) is 0 Å². The summed E-state index contributed by atoms with van der Waals surface area (Å²) in [6, 6.07) is 3.01. The number of carboxylic acids is 2. The molecule has 27 heavy (non-hydrogen) atoms. The lowest BCUT2D eigenvalue weighted by atomic mass is 9.99. The van der Waals surface area contributed by atoms with E-state index in [4.69, 9.17) is 17.3 Å². The molecular weight excluding hydrogens is 390 g/mol. The molecule has 0 aliphatic carbocycles. The first-order valence-corrected chi connectivity index (χ1v) is 9.64. The molecule has 0 spiro atoms. The first-order valence-electron chi connectivity index (χ1n) is 8.18. The Hall–Kier alpha value is -2.46. The van der Waals surface area contributed by atoms with Gasteiger partial charge in [0.05, 0.1) is 11.4 Å². The molecule has 3 rings (SSSR count). The van der Waals surface area contributed by atoms with Crippen molar-refractivity contribution in [1.82, 2.24) is 15.2 Å². The summed E-state index contributed by atoms with van der Waals surface area (Å²) in [5.41, 5.74) is 1.56. The third-order valence-electron chi connectivity index (χ3n) is 4.27. The van der Waals surface area contributed by atoms with Crippen LogP contribution in [-0.4, -0.2) is 60.1 Å². The van der Waals surface area contributed by atoms with Gasteiger partial charge < -0.3 is 15.5 Å². The van der Waals surface area contributed by atoms with Crippen LogP contribution in [0.2, 0.25) is 0 Å². The van der Waals surface area contributed by atoms with Crippen molar-refractivity contribution >= 4 is 46.8 Å². The molecule has 2 aliphatic heterocycles. The molecule has 10 heteroatoms. The number of carboxylic acid groups (broad SMARTS) is 2. The third kappa shape index (κ3) is 4.11. The van der Waals surface area contributed by atoms with Crippen molar-refractivity contribution < 1.29 is 24.6 Å². The van der Waals surface area contributed by atoms with Crippen LogP contribution in [0.15, 0.2) is 35.8 Å². The van der Waals surface area contributed by atoms with Crippen molar-refractivity contribution in [3.05, 3.63) is 41.4 Å². The first-order chi connectivity index (χ1) is 12.9. The number of nitrogens with one attached hydrogen (secondary N) is 1. The summed E-state index contributed by atoms with van der Waals surface area (Å²) < 4.78 is 0. The SMILES string of the molecule is O=C(O)CCC(=S)NC1C(=O)N2C(C(=O)O)=C(Cc3cccnc3)CS[C@H]12. The van der Waals surface area contributed by atoms with Gasteiger partial charge >= 0.3 is 11.9 Å². The van der Waals surface area contributed by atoms with Gasteiger partial charge in [-0.15, -0.1) is 11.8 Å². The second-order valence-electron chi connectivity index (χ2n) is 6.14. The maximum atomic E-state index is 12.5. The molecule has 1 saturated heterocycles. The van der Waals surface area contributed by atoms with E-state index in [-0.39, 0.29) is 34.8 Å². The highest BCUT2D eigenvalue weighted by molar-refractivity contribution is 8.00. The summed E-state index contributed by atoms with van der Waals surface area (Å²) in [6.45, 7) is 0. The van der Waals surface area contributed by atoms with Crippen LogP contribution >= 0.6 is 24.0 Å². The summed E-state index contributed by atoms with van der Waals surface area (Å²) in [7, 11) is 0. The van der Waals surface area contributed by atoms with Gasteiger partial charge in [-0.05, 0) is 23.6 Å².